The molecule has 0 unspecified atom stereocenters. The van der Waals surface area contributed by atoms with E-state index >= 15 is 0 Å². The molecule has 1 aliphatic heterocycles. The summed E-state index contributed by atoms with van der Waals surface area (Å²) in [4.78, 5) is 14.0. The second kappa shape index (κ2) is 7.16. The minimum atomic E-state index is -3.16. The largest absolute Gasteiger partial charge is 0.322 e. The van der Waals surface area contributed by atoms with E-state index in [0.29, 0.717) is 32.6 Å². The fourth-order valence-electron chi connectivity index (χ4n) is 2.89. The van der Waals surface area contributed by atoms with E-state index in [1.807, 2.05) is 4.90 Å². The first kappa shape index (κ1) is 17.3. The number of amides is 1. The highest BCUT2D eigenvalue weighted by atomic mass is 32.2. The zero-order chi connectivity index (χ0) is 17.2. The number of nitrogens with one attached hydrogen (secondary N) is 1. The lowest BCUT2D eigenvalue weighted by Crippen LogP contribution is -2.39. The van der Waals surface area contributed by atoms with Crippen molar-refractivity contribution in [3.63, 3.8) is 0 Å². The standard InChI is InChI=1S/C16H22FN3O3S/c17-14-4-1-2-5-15(14)18-16(21)12-19-8-3-9-20(11-10-19)24(22,23)13-6-7-13/h1-2,4-5,13H,3,6-12H2,(H,18,21). The molecule has 1 N–H and O–H groups in total. The van der Waals surface area contributed by atoms with Gasteiger partial charge in [-0.25, -0.2) is 17.1 Å². The zero-order valence-electron chi connectivity index (χ0n) is 13.4. The van der Waals surface area contributed by atoms with E-state index in [2.05, 4.69) is 5.32 Å². The molecule has 1 aliphatic carbocycles. The lowest BCUT2D eigenvalue weighted by Gasteiger charge is -2.21. The summed E-state index contributed by atoms with van der Waals surface area (Å²) in [7, 11) is -3.16. The quantitative estimate of drug-likeness (QED) is 0.863. The van der Waals surface area contributed by atoms with Gasteiger partial charge in [0.2, 0.25) is 15.9 Å². The second-order valence-corrected chi connectivity index (χ2v) is 8.51. The van der Waals surface area contributed by atoms with Crippen molar-refractivity contribution < 1.29 is 17.6 Å². The summed E-state index contributed by atoms with van der Waals surface area (Å²) in [5.41, 5.74) is 0.162. The first-order chi connectivity index (χ1) is 11.5. The van der Waals surface area contributed by atoms with E-state index in [1.54, 1.807) is 16.4 Å². The molecule has 24 heavy (non-hydrogen) atoms. The maximum atomic E-state index is 13.6. The number of nitrogens with zero attached hydrogens (tertiary/aromatic N) is 2. The number of hydrogen-bond acceptors (Lipinski definition) is 4. The Morgan fingerprint density at radius 3 is 2.62 bits per heavy atom. The third-order valence-electron chi connectivity index (χ3n) is 4.37. The molecule has 0 spiro atoms. The van der Waals surface area contributed by atoms with Crippen molar-refractivity contribution in [1.82, 2.24) is 9.21 Å². The Morgan fingerprint density at radius 1 is 1.17 bits per heavy atom. The molecule has 1 aromatic carbocycles. The molecule has 2 fully saturated rings. The summed E-state index contributed by atoms with van der Waals surface area (Å²) < 4.78 is 39.7. The SMILES string of the molecule is O=C(CN1CCCN(S(=O)(=O)C2CC2)CC1)Nc1ccccc1F. The number of para-hydroxylation sites is 1. The first-order valence-corrected chi connectivity index (χ1v) is 9.73. The average Bonchev–Trinajstić information content (AvgIpc) is 3.36. The van der Waals surface area contributed by atoms with Crippen LogP contribution in [0.15, 0.2) is 24.3 Å². The minimum absolute atomic E-state index is 0.131. The molecule has 6 nitrogen and oxygen atoms in total. The van der Waals surface area contributed by atoms with Crippen LogP contribution >= 0.6 is 0 Å². The Bertz CT molecular complexity index is 706. The van der Waals surface area contributed by atoms with Crippen LogP contribution in [0.2, 0.25) is 0 Å². The fourth-order valence-corrected chi connectivity index (χ4v) is 4.77. The molecule has 1 saturated carbocycles. The smallest absolute Gasteiger partial charge is 0.238 e. The molecule has 1 aromatic rings. The van der Waals surface area contributed by atoms with Crippen molar-refractivity contribution in [2.24, 2.45) is 0 Å². The van der Waals surface area contributed by atoms with Gasteiger partial charge in [0.15, 0.2) is 0 Å². The summed E-state index contributed by atoms with van der Waals surface area (Å²) in [6.45, 7) is 2.21. The minimum Gasteiger partial charge on any atom is -0.322 e. The highest BCUT2D eigenvalue weighted by molar-refractivity contribution is 7.90. The van der Waals surface area contributed by atoms with Crippen LogP contribution in [0.1, 0.15) is 19.3 Å². The summed E-state index contributed by atoms with van der Waals surface area (Å²) in [5, 5.41) is 2.36. The molecule has 0 bridgehead atoms. The molecular formula is C16H22FN3O3S. The predicted molar refractivity (Wildman–Crippen MR) is 89.6 cm³/mol. The van der Waals surface area contributed by atoms with Gasteiger partial charge in [-0.05, 0) is 37.9 Å². The number of hydrogen-bond donors (Lipinski definition) is 1. The molecule has 8 heteroatoms. The van der Waals surface area contributed by atoms with Crippen LogP contribution < -0.4 is 5.32 Å². The van der Waals surface area contributed by atoms with Crippen LogP contribution in [0, 0.1) is 5.82 Å². The monoisotopic (exact) mass is 355 g/mol. The van der Waals surface area contributed by atoms with Gasteiger partial charge in [-0.1, -0.05) is 12.1 Å². The molecule has 2 aliphatic rings. The van der Waals surface area contributed by atoms with E-state index < -0.39 is 15.8 Å². The fraction of sp³-hybridized carbons (Fsp3) is 0.562. The third-order valence-corrected chi connectivity index (χ3v) is 6.77. The van der Waals surface area contributed by atoms with Gasteiger partial charge < -0.3 is 5.32 Å². The van der Waals surface area contributed by atoms with Crippen LogP contribution in [-0.2, 0) is 14.8 Å². The highest BCUT2D eigenvalue weighted by Crippen LogP contribution is 2.31. The van der Waals surface area contributed by atoms with Gasteiger partial charge in [0, 0.05) is 19.6 Å². The molecule has 0 atom stereocenters. The molecule has 0 radical (unpaired) electrons. The maximum absolute atomic E-state index is 13.6. The van der Waals surface area contributed by atoms with Crippen molar-refractivity contribution in [3.05, 3.63) is 30.1 Å². The van der Waals surface area contributed by atoms with Crippen LogP contribution in [0.25, 0.3) is 0 Å². The lowest BCUT2D eigenvalue weighted by atomic mass is 10.3. The van der Waals surface area contributed by atoms with Gasteiger partial charge in [-0.2, -0.15) is 0 Å². The Kier molecular flexibility index (Phi) is 5.17. The van der Waals surface area contributed by atoms with Crippen molar-refractivity contribution >= 4 is 21.6 Å². The summed E-state index contributed by atoms with van der Waals surface area (Å²) >= 11 is 0. The zero-order valence-corrected chi connectivity index (χ0v) is 14.3. The van der Waals surface area contributed by atoms with E-state index in [4.69, 9.17) is 0 Å². The Hall–Kier alpha value is -1.51. The average molecular weight is 355 g/mol. The van der Waals surface area contributed by atoms with Crippen LogP contribution in [0.3, 0.4) is 0 Å². The number of benzene rings is 1. The van der Waals surface area contributed by atoms with E-state index in [1.165, 1.54) is 12.1 Å². The van der Waals surface area contributed by atoms with E-state index in [0.717, 1.165) is 12.8 Å². The second-order valence-electron chi connectivity index (χ2n) is 6.30. The molecule has 1 heterocycles. The normalized spacial score (nSPS) is 20.5. The van der Waals surface area contributed by atoms with E-state index in [9.17, 15) is 17.6 Å². The summed E-state index contributed by atoms with van der Waals surface area (Å²) in [6, 6.07) is 6.03. The topological polar surface area (TPSA) is 69.7 Å². The number of anilines is 1. The van der Waals surface area contributed by atoms with Crippen molar-refractivity contribution in [2.45, 2.75) is 24.5 Å². The van der Waals surface area contributed by atoms with E-state index in [-0.39, 0.29) is 23.4 Å². The van der Waals surface area contributed by atoms with Crippen molar-refractivity contribution in [2.75, 3.05) is 38.0 Å². The highest BCUT2D eigenvalue weighted by Gasteiger charge is 2.40. The van der Waals surface area contributed by atoms with Crippen molar-refractivity contribution in [1.29, 1.82) is 0 Å². The Labute approximate surface area is 141 Å². The molecule has 132 valence electrons. The number of carbonyl (C=O) groups is 1. The summed E-state index contributed by atoms with van der Waals surface area (Å²) in [6.07, 6.45) is 2.21. The molecular weight excluding hydrogens is 333 g/mol. The molecule has 3 rings (SSSR count). The molecule has 1 saturated heterocycles. The van der Waals surface area contributed by atoms with Gasteiger partial charge in [0.1, 0.15) is 5.82 Å². The van der Waals surface area contributed by atoms with Crippen LogP contribution in [-0.4, -0.2) is 61.5 Å². The van der Waals surface area contributed by atoms with Gasteiger partial charge in [0.25, 0.3) is 0 Å². The van der Waals surface area contributed by atoms with Crippen LogP contribution in [0.4, 0.5) is 10.1 Å². The number of rotatable bonds is 5. The molecule has 1 amide bonds. The number of halogens is 1. The van der Waals surface area contributed by atoms with Crippen LogP contribution in [0.5, 0.6) is 0 Å². The maximum Gasteiger partial charge on any atom is 0.238 e. The van der Waals surface area contributed by atoms with Gasteiger partial charge in [-0.15, -0.1) is 0 Å². The summed E-state index contributed by atoms with van der Waals surface area (Å²) in [5.74, 6) is -0.762. The van der Waals surface area contributed by atoms with Gasteiger partial charge in [-0.3, -0.25) is 9.69 Å². The first-order valence-electron chi connectivity index (χ1n) is 8.22. The third kappa shape index (κ3) is 4.12. The Morgan fingerprint density at radius 2 is 1.92 bits per heavy atom. The van der Waals surface area contributed by atoms with Crippen molar-refractivity contribution in [3.8, 4) is 0 Å². The Balaban J connectivity index is 1.53. The molecule has 0 aromatic heterocycles. The predicted octanol–water partition coefficient (Wildman–Crippen LogP) is 1.26. The number of sulfonamides is 1. The van der Waals surface area contributed by atoms with Gasteiger partial charge in [0.05, 0.1) is 17.5 Å². The lowest BCUT2D eigenvalue weighted by molar-refractivity contribution is -0.117. The van der Waals surface area contributed by atoms with Gasteiger partial charge >= 0.3 is 0 Å². The number of carbonyl (C=O) groups excluding carboxylic acids is 1.